The minimum atomic E-state index is 0.655. The molecule has 1 aliphatic rings. The number of likely N-dealkylation sites (tertiary alicyclic amines) is 1. The van der Waals surface area contributed by atoms with E-state index in [1.165, 1.54) is 19.5 Å². The third-order valence-electron chi connectivity index (χ3n) is 3.64. The molecule has 1 saturated heterocycles. The van der Waals surface area contributed by atoms with Gasteiger partial charge in [-0.2, -0.15) is 4.98 Å². The Morgan fingerprint density at radius 1 is 1.47 bits per heavy atom. The fourth-order valence-electron chi connectivity index (χ4n) is 2.49. The summed E-state index contributed by atoms with van der Waals surface area (Å²) in [6.07, 6.45) is 1.27. The van der Waals surface area contributed by atoms with Crippen LogP contribution in [-0.4, -0.2) is 42.2 Å². The van der Waals surface area contributed by atoms with Gasteiger partial charge < -0.3 is 15.0 Å². The highest BCUT2D eigenvalue weighted by molar-refractivity contribution is 5.37. The normalized spacial score (nSPS) is 19.9. The molecule has 1 aromatic rings. The standard InChI is InChI=1S/C15H25N3O/c1-4-19-15-7-5-6-14(17-15)16-10-13-8-9-18(11-13)12(2)3/h5-7,12-13H,4,8-11H2,1-3H3,(H,16,17). The molecule has 0 saturated carbocycles. The van der Waals surface area contributed by atoms with Crippen molar-refractivity contribution in [2.75, 3.05) is 31.6 Å². The van der Waals surface area contributed by atoms with E-state index in [2.05, 4.69) is 29.0 Å². The summed E-state index contributed by atoms with van der Waals surface area (Å²) in [5.41, 5.74) is 0. The van der Waals surface area contributed by atoms with Crippen LogP contribution < -0.4 is 10.1 Å². The molecule has 1 aliphatic heterocycles. The second-order valence-electron chi connectivity index (χ2n) is 5.42. The maximum Gasteiger partial charge on any atom is 0.215 e. The van der Waals surface area contributed by atoms with Gasteiger partial charge in [-0.3, -0.25) is 0 Å². The predicted molar refractivity (Wildman–Crippen MR) is 78.7 cm³/mol. The van der Waals surface area contributed by atoms with Crippen LogP contribution in [0.1, 0.15) is 27.2 Å². The molecule has 0 aromatic carbocycles. The van der Waals surface area contributed by atoms with Crippen molar-refractivity contribution in [1.29, 1.82) is 0 Å². The molecule has 106 valence electrons. The van der Waals surface area contributed by atoms with Gasteiger partial charge in [0.15, 0.2) is 0 Å². The van der Waals surface area contributed by atoms with Crippen molar-refractivity contribution in [3.63, 3.8) is 0 Å². The van der Waals surface area contributed by atoms with Crippen LogP contribution in [0.2, 0.25) is 0 Å². The van der Waals surface area contributed by atoms with Gasteiger partial charge in [-0.1, -0.05) is 6.07 Å². The zero-order valence-electron chi connectivity index (χ0n) is 12.2. The number of anilines is 1. The molecule has 0 aliphatic carbocycles. The molecule has 0 amide bonds. The first kappa shape index (κ1) is 14.1. The molecule has 1 atom stereocenters. The second kappa shape index (κ2) is 6.75. The number of hydrogen-bond donors (Lipinski definition) is 1. The summed E-state index contributed by atoms with van der Waals surface area (Å²) in [6, 6.07) is 6.53. The smallest absolute Gasteiger partial charge is 0.215 e. The van der Waals surface area contributed by atoms with Gasteiger partial charge in [-0.15, -0.1) is 0 Å². The lowest BCUT2D eigenvalue weighted by Gasteiger charge is -2.20. The van der Waals surface area contributed by atoms with Crippen molar-refractivity contribution in [2.24, 2.45) is 5.92 Å². The molecule has 0 bridgehead atoms. The Balaban J connectivity index is 1.81. The first-order valence-electron chi connectivity index (χ1n) is 7.26. The Kier molecular flexibility index (Phi) is 5.02. The lowest BCUT2D eigenvalue weighted by molar-refractivity contribution is 0.266. The molecule has 2 heterocycles. The van der Waals surface area contributed by atoms with Gasteiger partial charge in [-0.05, 0) is 45.7 Å². The number of rotatable bonds is 6. The molecular formula is C15H25N3O. The molecule has 1 aromatic heterocycles. The lowest BCUT2D eigenvalue weighted by atomic mass is 10.1. The molecule has 4 nitrogen and oxygen atoms in total. The summed E-state index contributed by atoms with van der Waals surface area (Å²) in [5, 5.41) is 3.43. The fourth-order valence-corrected chi connectivity index (χ4v) is 2.49. The largest absolute Gasteiger partial charge is 0.478 e. The molecule has 2 rings (SSSR count). The number of pyridine rings is 1. The zero-order chi connectivity index (χ0) is 13.7. The summed E-state index contributed by atoms with van der Waals surface area (Å²) in [4.78, 5) is 6.97. The molecule has 4 heteroatoms. The van der Waals surface area contributed by atoms with Gasteiger partial charge in [0, 0.05) is 25.2 Å². The number of aromatic nitrogens is 1. The van der Waals surface area contributed by atoms with Crippen LogP contribution >= 0.6 is 0 Å². The van der Waals surface area contributed by atoms with Gasteiger partial charge in [0.25, 0.3) is 0 Å². The quantitative estimate of drug-likeness (QED) is 0.856. The summed E-state index contributed by atoms with van der Waals surface area (Å²) < 4.78 is 5.41. The van der Waals surface area contributed by atoms with E-state index < -0.39 is 0 Å². The van der Waals surface area contributed by atoms with E-state index in [9.17, 15) is 0 Å². The summed E-state index contributed by atoms with van der Waals surface area (Å²) in [5.74, 6) is 2.33. The average molecular weight is 263 g/mol. The van der Waals surface area contributed by atoms with Crippen LogP contribution in [0.25, 0.3) is 0 Å². The van der Waals surface area contributed by atoms with Crippen LogP contribution in [-0.2, 0) is 0 Å². The highest BCUT2D eigenvalue weighted by Crippen LogP contribution is 2.19. The first-order valence-corrected chi connectivity index (χ1v) is 7.26. The van der Waals surface area contributed by atoms with E-state index in [1.807, 2.05) is 25.1 Å². The first-order chi connectivity index (χ1) is 9.19. The van der Waals surface area contributed by atoms with E-state index in [0.717, 1.165) is 18.3 Å². The molecule has 1 N–H and O–H groups in total. The van der Waals surface area contributed by atoms with Gasteiger partial charge in [-0.25, -0.2) is 0 Å². The van der Waals surface area contributed by atoms with Gasteiger partial charge in [0.1, 0.15) is 5.82 Å². The van der Waals surface area contributed by atoms with Crippen molar-refractivity contribution in [1.82, 2.24) is 9.88 Å². The van der Waals surface area contributed by atoms with Crippen LogP contribution in [0, 0.1) is 5.92 Å². The van der Waals surface area contributed by atoms with Crippen LogP contribution in [0.4, 0.5) is 5.82 Å². The van der Waals surface area contributed by atoms with E-state index in [-0.39, 0.29) is 0 Å². The predicted octanol–water partition coefficient (Wildman–Crippen LogP) is 2.62. The topological polar surface area (TPSA) is 37.4 Å². The Morgan fingerprint density at radius 2 is 2.32 bits per heavy atom. The molecule has 1 unspecified atom stereocenters. The van der Waals surface area contributed by atoms with Gasteiger partial charge >= 0.3 is 0 Å². The molecule has 0 radical (unpaired) electrons. The van der Waals surface area contributed by atoms with Crippen LogP contribution in [0.3, 0.4) is 0 Å². The summed E-state index contributed by atoms with van der Waals surface area (Å²) >= 11 is 0. The van der Waals surface area contributed by atoms with Crippen molar-refractivity contribution < 1.29 is 4.74 Å². The molecule has 1 fully saturated rings. The molecular weight excluding hydrogens is 238 g/mol. The Hall–Kier alpha value is -1.29. The highest BCUT2D eigenvalue weighted by Gasteiger charge is 2.23. The summed E-state index contributed by atoms with van der Waals surface area (Å²) in [7, 11) is 0. The van der Waals surface area contributed by atoms with E-state index in [4.69, 9.17) is 4.74 Å². The maximum atomic E-state index is 5.41. The Labute approximate surface area is 116 Å². The average Bonchev–Trinajstić information content (AvgIpc) is 2.86. The Bertz CT molecular complexity index is 395. The Morgan fingerprint density at radius 3 is 3.00 bits per heavy atom. The maximum absolute atomic E-state index is 5.41. The number of nitrogens with zero attached hydrogens (tertiary/aromatic N) is 2. The molecule has 19 heavy (non-hydrogen) atoms. The van der Waals surface area contributed by atoms with E-state index in [0.29, 0.717) is 18.5 Å². The van der Waals surface area contributed by atoms with Crippen molar-refractivity contribution >= 4 is 5.82 Å². The van der Waals surface area contributed by atoms with Crippen LogP contribution in [0.5, 0.6) is 5.88 Å². The number of hydrogen-bond acceptors (Lipinski definition) is 4. The van der Waals surface area contributed by atoms with Gasteiger partial charge in [0.2, 0.25) is 5.88 Å². The van der Waals surface area contributed by atoms with Gasteiger partial charge in [0.05, 0.1) is 6.61 Å². The van der Waals surface area contributed by atoms with Crippen molar-refractivity contribution in [2.45, 2.75) is 33.2 Å². The number of ether oxygens (including phenoxy) is 1. The number of nitrogens with one attached hydrogen (secondary N) is 1. The van der Waals surface area contributed by atoms with Crippen molar-refractivity contribution in [3.05, 3.63) is 18.2 Å². The fraction of sp³-hybridized carbons (Fsp3) is 0.667. The molecule has 0 spiro atoms. The van der Waals surface area contributed by atoms with E-state index >= 15 is 0 Å². The van der Waals surface area contributed by atoms with E-state index in [1.54, 1.807) is 0 Å². The SMILES string of the molecule is CCOc1cccc(NCC2CCN(C(C)C)C2)n1. The second-order valence-corrected chi connectivity index (χ2v) is 5.42. The summed E-state index contributed by atoms with van der Waals surface area (Å²) in [6.45, 7) is 10.6. The third kappa shape index (κ3) is 4.10. The van der Waals surface area contributed by atoms with Crippen LogP contribution in [0.15, 0.2) is 18.2 Å². The monoisotopic (exact) mass is 263 g/mol. The third-order valence-corrected chi connectivity index (χ3v) is 3.64. The lowest BCUT2D eigenvalue weighted by Crippen LogP contribution is -2.29. The highest BCUT2D eigenvalue weighted by atomic mass is 16.5. The zero-order valence-corrected chi connectivity index (χ0v) is 12.2. The minimum Gasteiger partial charge on any atom is -0.478 e. The minimum absolute atomic E-state index is 0.655. The van der Waals surface area contributed by atoms with Crippen molar-refractivity contribution in [3.8, 4) is 5.88 Å².